The summed E-state index contributed by atoms with van der Waals surface area (Å²) >= 11 is 0. The zero-order valence-corrected chi connectivity index (χ0v) is 11.6. The van der Waals surface area contributed by atoms with Gasteiger partial charge in [0, 0.05) is 6.16 Å². The fourth-order valence-corrected chi connectivity index (χ4v) is 2.65. The minimum atomic E-state index is -2.04. The highest BCUT2D eigenvalue weighted by molar-refractivity contribution is 7.45. The first kappa shape index (κ1) is 16.2. The highest BCUT2D eigenvalue weighted by atomic mass is 31.2. The molecule has 0 amide bonds. The van der Waals surface area contributed by atoms with E-state index in [2.05, 4.69) is 0 Å². The van der Waals surface area contributed by atoms with E-state index in [1.807, 2.05) is 13.8 Å². The number of aliphatic hydroxyl groups is 3. The first-order valence-electron chi connectivity index (χ1n) is 6.18. The van der Waals surface area contributed by atoms with Crippen molar-refractivity contribution in [1.29, 1.82) is 0 Å². The van der Waals surface area contributed by atoms with E-state index in [9.17, 15) is 15.3 Å². The van der Waals surface area contributed by atoms with Crippen LogP contribution in [0.5, 0.6) is 0 Å². The lowest BCUT2D eigenvalue weighted by Gasteiger charge is -2.41. The molecular formula is C11H23O6P. The third-order valence-corrected chi connectivity index (χ3v) is 3.79. The van der Waals surface area contributed by atoms with Crippen molar-refractivity contribution in [2.75, 3.05) is 6.16 Å². The van der Waals surface area contributed by atoms with E-state index in [0.29, 0.717) is 12.3 Å². The van der Waals surface area contributed by atoms with Crippen molar-refractivity contribution >= 4 is 8.38 Å². The maximum Gasteiger partial charge on any atom is 0.165 e. The summed E-state index contributed by atoms with van der Waals surface area (Å²) in [5, 5.41) is 29.4. The highest BCUT2D eigenvalue weighted by Crippen LogP contribution is 2.31. The van der Waals surface area contributed by atoms with E-state index in [0.717, 1.165) is 0 Å². The molecule has 1 saturated heterocycles. The van der Waals surface area contributed by atoms with Crippen LogP contribution < -0.4 is 0 Å². The summed E-state index contributed by atoms with van der Waals surface area (Å²) in [7, 11) is -2.04. The van der Waals surface area contributed by atoms with Crippen LogP contribution in [0, 0.1) is 5.92 Å². The van der Waals surface area contributed by atoms with Gasteiger partial charge in [-0.3, -0.25) is 0 Å². The topological polar surface area (TPSA) is 110 Å². The van der Waals surface area contributed by atoms with Gasteiger partial charge in [-0.25, -0.2) is 0 Å². The molecule has 1 fully saturated rings. The van der Waals surface area contributed by atoms with Gasteiger partial charge in [-0.2, -0.15) is 0 Å². The van der Waals surface area contributed by atoms with Crippen molar-refractivity contribution in [2.45, 2.75) is 57.2 Å². The van der Waals surface area contributed by atoms with Gasteiger partial charge >= 0.3 is 0 Å². The molecule has 1 aliphatic heterocycles. The molecule has 0 aromatic carbocycles. The molecule has 0 bridgehead atoms. The fraction of sp³-hybridized carbons (Fsp3) is 1.00. The average molecular weight is 282 g/mol. The second-order valence-corrected chi connectivity index (χ2v) is 6.39. The Kier molecular flexibility index (Phi) is 6.41. The Balaban J connectivity index is 2.62. The molecule has 5 N–H and O–H groups in total. The summed E-state index contributed by atoms with van der Waals surface area (Å²) in [6.45, 7) is 3.95. The van der Waals surface area contributed by atoms with E-state index in [-0.39, 0.29) is 12.6 Å². The van der Waals surface area contributed by atoms with Gasteiger partial charge < -0.3 is 29.8 Å². The Morgan fingerprint density at radius 2 is 1.56 bits per heavy atom. The number of ether oxygens (including phenoxy) is 1. The molecule has 1 aliphatic rings. The second kappa shape index (κ2) is 7.10. The third kappa shape index (κ3) is 4.38. The lowest BCUT2D eigenvalue weighted by atomic mass is 9.90. The molecule has 0 aromatic heterocycles. The maximum absolute atomic E-state index is 9.82. The molecule has 0 radical (unpaired) electrons. The summed E-state index contributed by atoms with van der Waals surface area (Å²) in [5.74, 6) is 0.292. The van der Waals surface area contributed by atoms with Crippen molar-refractivity contribution in [3.8, 4) is 0 Å². The van der Waals surface area contributed by atoms with Crippen molar-refractivity contribution in [1.82, 2.24) is 0 Å². The molecule has 6 nitrogen and oxygen atoms in total. The predicted octanol–water partition coefficient (Wildman–Crippen LogP) is -0.431. The average Bonchev–Trinajstić information content (AvgIpc) is 2.27. The van der Waals surface area contributed by atoms with Crippen LogP contribution in [0.3, 0.4) is 0 Å². The minimum Gasteiger partial charge on any atom is -0.388 e. The van der Waals surface area contributed by atoms with E-state index in [1.165, 1.54) is 0 Å². The standard InChI is InChI=1S/C11H23O6P/c1-6(2)5-8-10(13)11(14)9(12)7(17-8)3-4-18(15)16/h6-16H,3-5H2,1-2H3/t7?,8-,9-,10?,11?/m1/s1. The van der Waals surface area contributed by atoms with Crippen molar-refractivity contribution in [2.24, 2.45) is 5.92 Å². The summed E-state index contributed by atoms with van der Waals surface area (Å²) in [4.78, 5) is 17.7. The van der Waals surface area contributed by atoms with Crippen LogP contribution >= 0.6 is 8.38 Å². The van der Waals surface area contributed by atoms with Crippen LogP contribution in [0.2, 0.25) is 0 Å². The van der Waals surface area contributed by atoms with E-state index < -0.39 is 38.9 Å². The zero-order chi connectivity index (χ0) is 13.9. The first-order chi connectivity index (χ1) is 8.32. The second-order valence-electron chi connectivity index (χ2n) is 5.20. The van der Waals surface area contributed by atoms with Gasteiger partial charge in [0.1, 0.15) is 18.3 Å². The summed E-state index contributed by atoms with van der Waals surface area (Å²) < 4.78 is 5.57. The van der Waals surface area contributed by atoms with Crippen LogP contribution in [0.25, 0.3) is 0 Å². The van der Waals surface area contributed by atoms with Crippen LogP contribution in [-0.4, -0.2) is 61.8 Å². The van der Waals surface area contributed by atoms with Gasteiger partial charge in [0.2, 0.25) is 0 Å². The molecule has 108 valence electrons. The number of aliphatic hydroxyl groups excluding tert-OH is 3. The number of rotatable bonds is 5. The van der Waals surface area contributed by atoms with Crippen LogP contribution in [0.1, 0.15) is 26.7 Å². The molecule has 1 heterocycles. The molecule has 18 heavy (non-hydrogen) atoms. The quantitative estimate of drug-likeness (QED) is 0.438. The van der Waals surface area contributed by atoms with Crippen LogP contribution in [-0.2, 0) is 4.74 Å². The van der Waals surface area contributed by atoms with Crippen molar-refractivity contribution < 1.29 is 29.8 Å². The molecule has 0 saturated carbocycles. The summed E-state index contributed by atoms with van der Waals surface area (Å²) in [6, 6.07) is 0. The molecule has 7 heteroatoms. The molecule has 0 aliphatic carbocycles. The Morgan fingerprint density at radius 3 is 2.06 bits per heavy atom. The summed E-state index contributed by atoms with van der Waals surface area (Å²) in [6.07, 6.45) is -3.81. The van der Waals surface area contributed by atoms with Gasteiger partial charge in [0.15, 0.2) is 8.38 Å². The van der Waals surface area contributed by atoms with E-state index in [1.54, 1.807) is 0 Å². The van der Waals surface area contributed by atoms with Gasteiger partial charge in [-0.05, 0) is 18.8 Å². The molecular weight excluding hydrogens is 259 g/mol. The van der Waals surface area contributed by atoms with E-state index in [4.69, 9.17) is 14.5 Å². The number of hydrogen-bond donors (Lipinski definition) is 5. The van der Waals surface area contributed by atoms with Gasteiger partial charge in [-0.15, -0.1) is 0 Å². The molecule has 1 rings (SSSR count). The largest absolute Gasteiger partial charge is 0.388 e. The highest BCUT2D eigenvalue weighted by Gasteiger charge is 2.43. The molecule has 3 unspecified atom stereocenters. The van der Waals surface area contributed by atoms with E-state index >= 15 is 0 Å². The molecule has 5 atom stereocenters. The number of hydrogen-bond acceptors (Lipinski definition) is 6. The Bertz CT molecular complexity index is 248. The minimum absolute atomic E-state index is 0.119. The fourth-order valence-electron chi connectivity index (χ4n) is 2.17. The SMILES string of the molecule is CC(C)C[C@H]1OC(CCP(O)O)[C@@H](O)C(O)C1O. The van der Waals surface area contributed by atoms with Crippen molar-refractivity contribution in [3.05, 3.63) is 0 Å². The molecule has 0 aromatic rings. The normalized spacial score (nSPS) is 37.5. The Hall–Kier alpha value is 0.190. The lowest BCUT2D eigenvalue weighted by molar-refractivity contribution is -0.225. The van der Waals surface area contributed by atoms with Crippen LogP contribution in [0.4, 0.5) is 0 Å². The van der Waals surface area contributed by atoms with Gasteiger partial charge in [0.05, 0.1) is 12.2 Å². The molecule has 0 spiro atoms. The maximum atomic E-state index is 9.82. The van der Waals surface area contributed by atoms with Crippen molar-refractivity contribution in [3.63, 3.8) is 0 Å². The van der Waals surface area contributed by atoms with Gasteiger partial charge in [0.25, 0.3) is 0 Å². The Labute approximate surface area is 108 Å². The summed E-state index contributed by atoms with van der Waals surface area (Å²) in [5.41, 5.74) is 0. The zero-order valence-electron chi connectivity index (χ0n) is 10.7. The van der Waals surface area contributed by atoms with Gasteiger partial charge in [-0.1, -0.05) is 13.8 Å². The third-order valence-electron chi connectivity index (χ3n) is 3.13. The Morgan fingerprint density at radius 1 is 1.00 bits per heavy atom. The first-order valence-corrected chi connectivity index (χ1v) is 7.61. The predicted molar refractivity (Wildman–Crippen MR) is 67.0 cm³/mol. The van der Waals surface area contributed by atoms with Crippen LogP contribution in [0.15, 0.2) is 0 Å². The lowest BCUT2D eigenvalue weighted by Crippen LogP contribution is -2.57. The smallest absolute Gasteiger partial charge is 0.165 e. The monoisotopic (exact) mass is 282 g/mol.